The third kappa shape index (κ3) is 3.26. The molecule has 0 amide bonds. The molecule has 0 fully saturated rings. The van der Waals surface area contributed by atoms with E-state index in [2.05, 4.69) is 9.97 Å². The number of esters is 1. The van der Waals surface area contributed by atoms with Crippen LogP contribution >= 0.6 is 11.6 Å². The van der Waals surface area contributed by atoms with Crippen molar-refractivity contribution in [3.05, 3.63) is 47.1 Å². The van der Waals surface area contributed by atoms with E-state index in [-0.39, 0.29) is 17.5 Å². The van der Waals surface area contributed by atoms with E-state index >= 15 is 0 Å². The van der Waals surface area contributed by atoms with Crippen LogP contribution in [0.2, 0.25) is 5.28 Å². The highest BCUT2D eigenvalue weighted by Crippen LogP contribution is 2.21. The maximum Gasteiger partial charge on any atom is 0.338 e. The summed E-state index contributed by atoms with van der Waals surface area (Å²) >= 11 is 5.68. The Morgan fingerprint density at radius 1 is 1.42 bits per heavy atom. The summed E-state index contributed by atoms with van der Waals surface area (Å²) in [4.78, 5) is 19.3. The molecule has 2 rings (SSSR count). The SMILES string of the molecule is CCOC(=O)c1cc(F)cc(-c2ccnc(Cl)n2)c1. The lowest BCUT2D eigenvalue weighted by atomic mass is 10.1. The van der Waals surface area contributed by atoms with Crippen molar-refractivity contribution in [3.63, 3.8) is 0 Å². The first-order valence-corrected chi connectivity index (χ1v) is 5.94. The highest BCUT2D eigenvalue weighted by Gasteiger charge is 2.11. The first kappa shape index (κ1) is 13.4. The number of rotatable bonds is 3. The maximum atomic E-state index is 13.5. The number of benzene rings is 1. The standard InChI is InChI=1S/C13H10ClFN2O2/c1-2-19-12(18)9-5-8(6-10(15)7-9)11-3-4-16-13(14)17-11/h3-7H,2H2,1H3. The van der Waals surface area contributed by atoms with E-state index in [4.69, 9.17) is 16.3 Å². The van der Waals surface area contributed by atoms with E-state index in [0.717, 1.165) is 6.07 Å². The van der Waals surface area contributed by atoms with Gasteiger partial charge in [-0.25, -0.2) is 19.2 Å². The summed E-state index contributed by atoms with van der Waals surface area (Å²) in [5.74, 6) is -1.13. The van der Waals surface area contributed by atoms with Gasteiger partial charge in [-0.2, -0.15) is 0 Å². The Bertz CT molecular complexity index is 619. The van der Waals surface area contributed by atoms with Crippen molar-refractivity contribution in [1.82, 2.24) is 9.97 Å². The van der Waals surface area contributed by atoms with Gasteiger partial charge in [0.25, 0.3) is 0 Å². The van der Waals surface area contributed by atoms with E-state index in [1.165, 1.54) is 18.3 Å². The van der Waals surface area contributed by atoms with Gasteiger partial charge in [0.1, 0.15) is 5.82 Å². The molecule has 1 aromatic heterocycles. The van der Waals surface area contributed by atoms with Gasteiger partial charge >= 0.3 is 5.97 Å². The summed E-state index contributed by atoms with van der Waals surface area (Å²) in [7, 11) is 0. The normalized spacial score (nSPS) is 10.3. The average Bonchev–Trinajstić information content (AvgIpc) is 2.38. The summed E-state index contributed by atoms with van der Waals surface area (Å²) in [5.41, 5.74) is 1.00. The molecule has 6 heteroatoms. The third-order valence-electron chi connectivity index (χ3n) is 2.33. The molecule has 0 aliphatic rings. The van der Waals surface area contributed by atoms with Crippen LogP contribution in [-0.2, 0) is 4.74 Å². The molecule has 2 aromatic rings. The molecule has 1 heterocycles. The van der Waals surface area contributed by atoms with E-state index in [1.807, 2.05) is 0 Å². The molecule has 0 N–H and O–H groups in total. The Morgan fingerprint density at radius 2 is 2.21 bits per heavy atom. The van der Waals surface area contributed by atoms with Gasteiger partial charge in [-0.15, -0.1) is 0 Å². The van der Waals surface area contributed by atoms with Crippen molar-refractivity contribution in [2.45, 2.75) is 6.92 Å². The molecular weight excluding hydrogens is 271 g/mol. The number of halogens is 2. The second kappa shape index (κ2) is 5.75. The Morgan fingerprint density at radius 3 is 2.89 bits per heavy atom. The van der Waals surface area contributed by atoms with Gasteiger partial charge in [0.2, 0.25) is 5.28 Å². The molecule has 0 saturated carbocycles. The molecular formula is C13H10ClFN2O2. The molecule has 0 radical (unpaired) electrons. The van der Waals surface area contributed by atoms with Gasteiger partial charge in [0, 0.05) is 11.8 Å². The molecule has 0 aliphatic carbocycles. The van der Waals surface area contributed by atoms with Crippen molar-refractivity contribution in [1.29, 1.82) is 0 Å². The molecule has 0 aliphatic heterocycles. The number of nitrogens with zero attached hydrogens (tertiary/aromatic N) is 2. The zero-order valence-electron chi connectivity index (χ0n) is 10.1. The van der Waals surface area contributed by atoms with Crippen LogP contribution in [0.25, 0.3) is 11.3 Å². The van der Waals surface area contributed by atoms with Crippen molar-refractivity contribution >= 4 is 17.6 Å². The quantitative estimate of drug-likeness (QED) is 0.640. The molecule has 1 aromatic carbocycles. The van der Waals surface area contributed by atoms with Crippen LogP contribution in [0.4, 0.5) is 4.39 Å². The molecule has 4 nitrogen and oxygen atoms in total. The number of hydrogen-bond acceptors (Lipinski definition) is 4. The van der Waals surface area contributed by atoms with Gasteiger partial charge in [-0.3, -0.25) is 0 Å². The zero-order valence-corrected chi connectivity index (χ0v) is 10.8. The van der Waals surface area contributed by atoms with Crippen molar-refractivity contribution in [2.75, 3.05) is 6.61 Å². The van der Waals surface area contributed by atoms with Crippen LogP contribution in [0.15, 0.2) is 30.5 Å². The summed E-state index contributed by atoms with van der Waals surface area (Å²) in [6.07, 6.45) is 1.46. The van der Waals surface area contributed by atoms with Crippen molar-refractivity contribution in [2.24, 2.45) is 0 Å². The fourth-order valence-corrected chi connectivity index (χ4v) is 1.71. The molecule has 0 bridgehead atoms. The predicted octanol–water partition coefficient (Wildman–Crippen LogP) is 3.11. The van der Waals surface area contributed by atoms with Crippen LogP contribution in [0.3, 0.4) is 0 Å². The maximum absolute atomic E-state index is 13.5. The first-order chi connectivity index (χ1) is 9.10. The Balaban J connectivity index is 2.44. The minimum atomic E-state index is -0.580. The second-order valence-corrected chi connectivity index (χ2v) is 4.00. The van der Waals surface area contributed by atoms with Crippen LogP contribution < -0.4 is 0 Å². The monoisotopic (exact) mass is 280 g/mol. The van der Waals surface area contributed by atoms with Crippen LogP contribution in [0.1, 0.15) is 17.3 Å². The highest BCUT2D eigenvalue weighted by atomic mass is 35.5. The fourth-order valence-electron chi connectivity index (χ4n) is 1.57. The number of carbonyl (C=O) groups is 1. The molecule has 0 spiro atoms. The molecule has 19 heavy (non-hydrogen) atoms. The molecule has 0 saturated heterocycles. The average molecular weight is 281 g/mol. The summed E-state index contributed by atoms with van der Waals surface area (Å²) in [5, 5.41) is 0.0550. The van der Waals surface area contributed by atoms with Crippen LogP contribution in [0, 0.1) is 5.82 Å². The van der Waals surface area contributed by atoms with Gasteiger partial charge < -0.3 is 4.74 Å². The van der Waals surface area contributed by atoms with Crippen molar-refractivity contribution in [3.8, 4) is 11.3 Å². The Labute approximate surface area is 114 Å². The van der Waals surface area contributed by atoms with Crippen LogP contribution in [0.5, 0.6) is 0 Å². The minimum absolute atomic E-state index is 0.0550. The van der Waals surface area contributed by atoms with E-state index in [1.54, 1.807) is 13.0 Å². The number of carbonyl (C=O) groups excluding carboxylic acids is 1. The minimum Gasteiger partial charge on any atom is -0.462 e. The Hall–Kier alpha value is -2.01. The summed E-state index contributed by atoms with van der Waals surface area (Å²) in [6, 6.07) is 5.46. The number of aromatic nitrogens is 2. The summed E-state index contributed by atoms with van der Waals surface area (Å²) in [6.45, 7) is 1.91. The second-order valence-electron chi connectivity index (χ2n) is 3.66. The third-order valence-corrected chi connectivity index (χ3v) is 2.51. The van der Waals surface area contributed by atoms with Gasteiger partial charge in [0.05, 0.1) is 17.9 Å². The Kier molecular flexibility index (Phi) is 4.06. The summed E-state index contributed by atoms with van der Waals surface area (Å²) < 4.78 is 18.4. The largest absolute Gasteiger partial charge is 0.462 e. The van der Waals surface area contributed by atoms with Crippen molar-refractivity contribution < 1.29 is 13.9 Å². The predicted molar refractivity (Wildman–Crippen MR) is 68.4 cm³/mol. The molecule has 0 atom stereocenters. The van der Waals surface area contributed by atoms with Gasteiger partial charge in [0.15, 0.2) is 0 Å². The lowest BCUT2D eigenvalue weighted by Gasteiger charge is -2.05. The van der Waals surface area contributed by atoms with E-state index in [0.29, 0.717) is 11.3 Å². The van der Waals surface area contributed by atoms with E-state index in [9.17, 15) is 9.18 Å². The number of hydrogen-bond donors (Lipinski definition) is 0. The molecule has 0 unspecified atom stereocenters. The highest BCUT2D eigenvalue weighted by molar-refractivity contribution is 6.28. The first-order valence-electron chi connectivity index (χ1n) is 5.57. The lowest BCUT2D eigenvalue weighted by Crippen LogP contribution is -2.05. The van der Waals surface area contributed by atoms with E-state index < -0.39 is 11.8 Å². The number of ether oxygens (including phenoxy) is 1. The van der Waals surface area contributed by atoms with Gasteiger partial charge in [-0.1, -0.05) is 0 Å². The van der Waals surface area contributed by atoms with Gasteiger partial charge in [-0.05, 0) is 42.8 Å². The smallest absolute Gasteiger partial charge is 0.338 e. The molecule has 98 valence electrons. The zero-order chi connectivity index (χ0) is 13.8. The van der Waals surface area contributed by atoms with Crippen LogP contribution in [-0.4, -0.2) is 22.5 Å². The fraction of sp³-hybridized carbons (Fsp3) is 0.154. The lowest BCUT2D eigenvalue weighted by molar-refractivity contribution is 0.0526. The topological polar surface area (TPSA) is 52.1 Å².